The molecule has 15 rings (SSSR count). The summed E-state index contributed by atoms with van der Waals surface area (Å²) in [6, 6.07) is 16.3. The lowest BCUT2D eigenvalue weighted by Gasteiger charge is -2.28. The molecule has 9 aromatic rings. The van der Waals surface area contributed by atoms with Crippen molar-refractivity contribution in [1.29, 1.82) is 0 Å². The maximum atomic E-state index is 13.9. The number of morpholine rings is 3. The van der Waals surface area contributed by atoms with Crippen LogP contribution in [0.2, 0.25) is 0 Å². The molecule has 6 fully saturated rings. The first-order chi connectivity index (χ1) is 55.0. The maximum Gasteiger partial charge on any atom is 0.328 e. The normalized spacial score (nSPS) is 18.0. The van der Waals surface area contributed by atoms with Gasteiger partial charge in [-0.3, -0.25) is 29.3 Å². The molecule has 624 valence electrons. The van der Waals surface area contributed by atoms with Crippen LogP contribution in [0.1, 0.15) is 125 Å². The van der Waals surface area contributed by atoms with Crippen molar-refractivity contribution in [3.8, 4) is 0 Å². The average Bonchev–Trinajstić information content (AvgIpc) is 1.57. The molecule has 0 radical (unpaired) electrons. The summed E-state index contributed by atoms with van der Waals surface area (Å²) >= 11 is 0. The number of fused-ring (bicyclic) bond motifs is 3. The molecule has 6 saturated heterocycles. The Labute approximate surface area is 692 Å². The number of nitrogens with zero attached hydrogens (tertiary/aromatic N) is 12. The lowest BCUT2D eigenvalue weighted by atomic mass is 10.0. The highest BCUT2D eigenvalue weighted by Gasteiger charge is 2.39. The van der Waals surface area contributed by atoms with Crippen LogP contribution >= 0.6 is 40.5 Å². The maximum absolute atomic E-state index is 13.9. The summed E-state index contributed by atoms with van der Waals surface area (Å²) in [7, 11) is 3.92. The van der Waals surface area contributed by atoms with Gasteiger partial charge >= 0.3 is 17.9 Å². The molecule has 6 aliphatic heterocycles. The smallest absolute Gasteiger partial charge is 0.328 e. The highest BCUT2D eigenvalue weighted by atomic mass is 32.1. The molecule has 27 nitrogen and oxygen atoms in total. The van der Waals surface area contributed by atoms with Crippen molar-refractivity contribution < 1.29 is 83.5 Å². The number of esters is 3. The second-order valence-corrected chi connectivity index (χ2v) is 28.4. The van der Waals surface area contributed by atoms with E-state index in [-0.39, 0.29) is 75.3 Å². The van der Waals surface area contributed by atoms with Crippen molar-refractivity contribution in [2.45, 2.75) is 95.5 Å². The Morgan fingerprint density at radius 2 is 0.607 bits per heavy atom. The molecular formula is C81H93F6N15O12S3. The van der Waals surface area contributed by atoms with Crippen LogP contribution in [0.25, 0.3) is 33.1 Å². The Balaban J connectivity index is 0.000000183. The van der Waals surface area contributed by atoms with Crippen molar-refractivity contribution in [3.63, 3.8) is 0 Å². The fourth-order valence-electron chi connectivity index (χ4n) is 15.2. The van der Waals surface area contributed by atoms with Gasteiger partial charge in [0.25, 0.3) is 17.7 Å². The van der Waals surface area contributed by atoms with Gasteiger partial charge in [0, 0.05) is 128 Å². The van der Waals surface area contributed by atoms with Crippen LogP contribution in [0.15, 0.2) is 110 Å². The number of carbonyl (C=O) groups excluding carboxylic acids is 6. The molecule has 3 N–H and O–H groups in total. The third-order valence-electron chi connectivity index (χ3n) is 20.8. The van der Waals surface area contributed by atoms with Crippen LogP contribution in [0.3, 0.4) is 0 Å². The van der Waals surface area contributed by atoms with Crippen LogP contribution < -0.4 is 30.7 Å². The number of halogens is 6. The van der Waals surface area contributed by atoms with Crippen molar-refractivity contribution in [3.05, 3.63) is 178 Å². The van der Waals surface area contributed by atoms with Gasteiger partial charge in [-0.1, -0.05) is 0 Å². The number of benzene rings is 6. The molecule has 36 heteroatoms. The van der Waals surface area contributed by atoms with E-state index in [0.717, 1.165) is 18.2 Å². The largest absolute Gasteiger partial charge is 0.467 e. The number of nitrogens with one attached hydrogen (secondary N) is 3. The quantitative estimate of drug-likeness (QED) is 0.0408. The van der Waals surface area contributed by atoms with E-state index < -0.39 is 89.1 Å². The molecule has 6 aromatic carbocycles. The van der Waals surface area contributed by atoms with Gasteiger partial charge in [0.15, 0.2) is 0 Å². The average molecular weight is 1680 g/mol. The van der Waals surface area contributed by atoms with E-state index in [1.807, 2.05) is 20.8 Å². The fraction of sp³-hybridized carbons (Fsp3) is 0.407. The van der Waals surface area contributed by atoms with Crippen molar-refractivity contribution in [2.75, 3.05) is 151 Å². The summed E-state index contributed by atoms with van der Waals surface area (Å²) in [5, 5.41) is 9.37. The van der Waals surface area contributed by atoms with E-state index in [1.165, 1.54) is 72.4 Å². The molecule has 6 aliphatic rings. The number of anilines is 6. The van der Waals surface area contributed by atoms with E-state index >= 15 is 0 Å². The van der Waals surface area contributed by atoms with E-state index in [9.17, 15) is 55.1 Å². The number of likely N-dealkylation sites (tertiary alicyclic amines) is 3. The molecule has 3 amide bonds. The Kier molecular flexibility index (Phi) is 30.4. The van der Waals surface area contributed by atoms with Gasteiger partial charge in [-0.15, -0.1) is 0 Å². The predicted octanol–water partition coefficient (Wildman–Crippen LogP) is 11.4. The summed E-state index contributed by atoms with van der Waals surface area (Å²) in [6.45, 7) is 14.3. The third-order valence-corrected chi connectivity index (χ3v) is 20.8. The molecule has 6 atom stereocenters. The van der Waals surface area contributed by atoms with Gasteiger partial charge in [-0.05, 0) is 132 Å². The molecule has 9 heterocycles. The second-order valence-electron chi connectivity index (χ2n) is 28.4. The van der Waals surface area contributed by atoms with Crippen molar-refractivity contribution in [2.24, 2.45) is 0 Å². The Hall–Kier alpha value is -10.5. The number of carbonyl (C=O) groups is 6. The minimum Gasteiger partial charge on any atom is -0.467 e. The van der Waals surface area contributed by atoms with Crippen LogP contribution in [-0.2, 0) is 42.8 Å². The molecule has 0 aliphatic carbocycles. The molecule has 3 unspecified atom stereocenters. The molecule has 0 bridgehead atoms. The summed E-state index contributed by atoms with van der Waals surface area (Å²) in [5.41, 5.74) is 6.86. The third kappa shape index (κ3) is 20.9. The highest BCUT2D eigenvalue weighted by Crippen LogP contribution is 2.36. The first-order valence-electron chi connectivity index (χ1n) is 37.8. The zero-order valence-electron chi connectivity index (χ0n) is 65.2. The minimum atomic E-state index is -0.703. The summed E-state index contributed by atoms with van der Waals surface area (Å²) in [5.74, 6) is -4.48. The van der Waals surface area contributed by atoms with E-state index in [1.54, 1.807) is 55.0 Å². The van der Waals surface area contributed by atoms with Crippen LogP contribution in [0.5, 0.6) is 0 Å². The molecular weight excluding hydrogens is 1590 g/mol. The van der Waals surface area contributed by atoms with Crippen molar-refractivity contribution >= 4 is 144 Å². The topological polar surface area (TPSA) is 291 Å². The Morgan fingerprint density at radius 1 is 0.368 bits per heavy atom. The predicted molar refractivity (Wildman–Crippen MR) is 442 cm³/mol. The van der Waals surface area contributed by atoms with Gasteiger partial charge in [-0.25, -0.2) is 55.7 Å². The molecule has 3 aromatic heterocycles. The van der Waals surface area contributed by atoms with E-state index in [0.29, 0.717) is 221 Å². The van der Waals surface area contributed by atoms with E-state index in [2.05, 4.69) is 45.6 Å². The standard InChI is InChI=1S/3C27H29F2N5O4.3H2S/c3*1-16(31-20-13-18(28)12-19(29)14-20)21-10-17(26(35)34-5-3-4-23(34)27(36)37-2)11-22-25(21)32-24(15-30-22)33-6-8-38-9-7-33;;;/h3*10-16,23,31H,3-9H2,1-2H3;3*1H2/t3*16?,23-;;;/m000.../s1. The number of hydrogen-bond donors (Lipinski definition) is 3. The number of rotatable bonds is 18. The summed E-state index contributed by atoms with van der Waals surface area (Å²) in [4.78, 5) is 117. The number of ether oxygens (including phenoxy) is 6. The molecule has 117 heavy (non-hydrogen) atoms. The number of hydrogen-bond acceptors (Lipinski definition) is 24. The lowest BCUT2D eigenvalue weighted by Crippen LogP contribution is -2.41. The Morgan fingerprint density at radius 3 is 0.838 bits per heavy atom. The van der Waals surface area contributed by atoms with Gasteiger partial charge in [0.2, 0.25) is 0 Å². The van der Waals surface area contributed by atoms with Gasteiger partial charge in [0.1, 0.15) is 70.5 Å². The molecule has 0 spiro atoms. The van der Waals surface area contributed by atoms with Crippen LogP contribution in [-0.4, -0.2) is 218 Å². The monoisotopic (exact) mass is 1680 g/mol. The zero-order valence-corrected chi connectivity index (χ0v) is 68.2. The van der Waals surface area contributed by atoms with Gasteiger partial charge in [-0.2, -0.15) is 40.5 Å². The van der Waals surface area contributed by atoms with E-state index in [4.69, 9.17) is 43.4 Å². The van der Waals surface area contributed by atoms with Crippen molar-refractivity contribution in [1.82, 2.24) is 44.6 Å². The first kappa shape index (κ1) is 88.8. The van der Waals surface area contributed by atoms with Gasteiger partial charge in [0.05, 0.1) is 131 Å². The van der Waals surface area contributed by atoms with Crippen LogP contribution in [0.4, 0.5) is 60.9 Å². The summed E-state index contributed by atoms with van der Waals surface area (Å²) in [6.07, 6.45) is 8.67. The zero-order chi connectivity index (χ0) is 80.4. The molecule has 0 saturated carbocycles. The van der Waals surface area contributed by atoms with Gasteiger partial charge < -0.3 is 73.8 Å². The number of amides is 3. The highest BCUT2D eigenvalue weighted by molar-refractivity contribution is 7.59. The lowest BCUT2D eigenvalue weighted by molar-refractivity contribution is -0.145. The second kappa shape index (κ2) is 40.1. The summed E-state index contributed by atoms with van der Waals surface area (Å²) < 4.78 is 114. The SMILES string of the molecule is COC(=O)[C@@H]1CCCN1C(=O)c1cc(C(C)Nc2cc(F)cc(F)c2)c2nc(N3CCOCC3)cnc2c1.COC(=O)[C@@H]1CCCN1C(=O)c1cc(C(C)Nc2cc(F)cc(F)c2)c2nc(N3CCOCC3)cnc2c1.COC(=O)[C@@H]1CCCN1C(=O)c1cc(C(C)Nc2cc(F)cc(F)c2)c2nc(N3CCOCC3)cnc2c1.S.S.S. The first-order valence-corrected chi connectivity index (χ1v) is 37.8. The minimum absolute atomic E-state index is 0. The number of aromatic nitrogens is 6. The van der Waals surface area contributed by atoms with Crippen LogP contribution in [0, 0.1) is 34.9 Å². The fourth-order valence-corrected chi connectivity index (χ4v) is 15.2. The Bertz CT molecular complexity index is 4550. The number of methoxy groups -OCH3 is 3.